The highest BCUT2D eigenvalue weighted by Gasteiger charge is 2.34. The number of carbonyl (C=O) groups excluding carboxylic acids is 4. The van der Waals surface area contributed by atoms with Gasteiger partial charge in [-0.15, -0.1) is 5.06 Å². The van der Waals surface area contributed by atoms with Crippen LogP contribution in [0.25, 0.3) is 0 Å². The van der Waals surface area contributed by atoms with Crippen LogP contribution in [-0.4, -0.2) is 34.8 Å². The zero-order chi connectivity index (χ0) is 15.4. The highest BCUT2D eigenvalue weighted by molar-refractivity contribution is 6.02. The van der Waals surface area contributed by atoms with Crippen LogP contribution in [0.15, 0.2) is 30.3 Å². The minimum absolute atomic E-state index is 0.0247. The molecule has 1 heterocycles. The minimum Gasteiger partial charge on any atom is -0.339 e. The molecular formula is C14H14N2O5. The lowest BCUT2D eigenvalue weighted by Crippen LogP contribution is -2.43. The van der Waals surface area contributed by atoms with Gasteiger partial charge in [0, 0.05) is 18.4 Å². The fourth-order valence-corrected chi connectivity index (χ4v) is 1.76. The molecule has 0 saturated carbocycles. The number of hydrogen-bond acceptors (Lipinski definition) is 5. The number of amides is 3. The van der Waals surface area contributed by atoms with Gasteiger partial charge in [0.25, 0.3) is 17.7 Å². The molecule has 2 rings (SSSR count). The molecular weight excluding hydrogens is 276 g/mol. The van der Waals surface area contributed by atoms with Crippen molar-refractivity contribution in [3.63, 3.8) is 0 Å². The summed E-state index contributed by atoms with van der Waals surface area (Å²) in [4.78, 5) is 51.0. The molecule has 0 unspecified atom stereocenters. The first-order chi connectivity index (χ1) is 9.99. The zero-order valence-corrected chi connectivity index (χ0v) is 11.4. The van der Waals surface area contributed by atoms with Crippen LogP contribution in [0.4, 0.5) is 0 Å². The van der Waals surface area contributed by atoms with Crippen molar-refractivity contribution in [3.8, 4) is 0 Å². The van der Waals surface area contributed by atoms with Crippen molar-refractivity contribution >= 4 is 23.7 Å². The van der Waals surface area contributed by atoms with E-state index >= 15 is 0 Å². The lowest BCUT2D eigenvalue weighted by atomic mass is 10.2. The third-order valence-electron chi connectivity index (χ3n) is 2.92. The van der Waals surface area contributed by atoms with Gasteiger partial charge in [0.15, 0.2) is 0 Å². The first-order valence-electron chi connectivity index (χ1n) is 6.42. The summed E-state index contributed by atoms with van der Waals surface area (Å²) in [6.45, 7) is 1.41. The summed E-state index contributed by atoms with van der Waals surface area (Å²) in [5.74, 6) is -2.44. The molecule has 1 aliphatic rings. The van der Waals surface area contributed by atoms with Gasteiger partial charge in [0.05, 0.1) is 0 Å². The largest absolute Gasteiger partial charge is 0.354 e. The van der Waals surface area contributed by atoms with Gasteiger partial charge in [-0.05, 0) is 19.1 Å². The molecule has 3 amide bonds. The van der Waals surface area contributed by atoms with Crippen LogP contribution in [0, 0.1) is 0 Å². The van der Waals surface area contributed by atoms with E-state index in [2.05, 4.69) is 5.32 Å². The van der Waals surface area contributed by atoms with E-state index in [-0.39, 0.29) is 12.8 Å². The summed E-state index contributed by atoms with van der Waals surface area (Å²) in [5, 5.41) is 2.89. The molecule has 1 N–H and O–H groups in total. The fourth-order valence-electron chi connectivity index (χ4n) is 1.76. The molecule has 1 saturated heterocycles. The van der Waals surface area contributed by atoms with E-state index < -0.39 is 29.7 Å². The summed E-state index contributed by atoms with van der Waals surface area (Å²) in [7, 11) is 0. The van der Waals surface area contributed by atoms with Crippen LogP contribution in [-0.2, 0) is 19.2 Å². The van der Waals surface area contributed by atoms with Crippen molar-refractivity contribution in [2.75, 3.05) is 0 Å². The van der Waals surface area contributed by atoms with Crippen molar-refractivity contribution in [2.45, 2.75) is 25.8 Å². The second-order valence-corrected chi connectivity index (χ2v) is 4.55. The monoisotopic (exact) mass is 290 g/mol. The summed E-state index contributed by atoms with van der Waals surface area (Å²) in [6.07, 6.45) is 0.0493. The van der Waals surface area contributed by atoms with Gasteiger partial charge in [-0.25, -0.2) is 4.79 Å². The number of nitrogens with zero attached hydrogens (tertiary/aromatic N) is 1. The van der Waals surface area contributed by atoms with Gasteiger partial charge in [-0.2, -0.15) is 0 Å². The van der Waals surface area contributed by atoms with E-state index in [0.717, 1.165) is 0 Å². The molecule has 0 spiro atoms. The lowest BCUT2D eigenvalue weighted by molar-refractivity contribution is -0.198. The number of benzene rings is 1. The smallest absolute Gasteiger partial charge is 0.339 e. The Labute approximate surface area is 120 Å². The predicted molar refractivity (Wildman–Crippen MR) is 70.5 cm³/mol. The second-order valence-electron chi connectivity index (χ2n) is 4.55. The molecule has 7 nitrogen and oxygen atoms in total. The molecule has 1 fully saturated rings. The number of imide groups is 1. The van der Waals surface area contributed by atoms with Crippen molar-refractivity contribution in [3.05, 3.63) is 35.9 Å². The molecule has 1 aromatic rings. The molecule has 0 radical (unpaired) electrons. The Balaban J connectivity index is 1.92. The molecule has 7 heteroatoms. The molecule has 1 aliphatic heterocycles. The standard InChI is InChI=1S/C14H14N2O5/c1-9(15-13(19)10-5-3-2-4-6-10)14(20)21-16-11(17)7-8-12(16)18/h2-6,9H,7-8H2,1H3,(H,15,19)/t9-/m1/s1. The number of hydrogen-bond donors (Lipinski definition) is 1. The topological polar surface area (TPSA) is 92.8 Å². The van der Waals surface area contributed by atoms with Crippen molar-refractivity contribution in [2.24, 2.45) is 0 Å². The average Bonchev–Trinajstić information content (AvgIpc) is 2.79. The summed E-state index contributed by atoms with van der Waals surface area (Å²) in [6, 6.07) is 7.36. The molecule has 1 aromatic carbocycles. The van der Waals surface area contributed by atoms with E-state index in [9.17, 15) is 19.2 Å². The maximum absolute atomic E-state index is 11.9. The molecule has 1 atom stereocenters. The van der Waals surface area contributed by atoms with Crippen molar-refractivity contribution in [1.29, 1.82) is 0 Å². The van der Waals surface area contributed by atoms with Crippen molar-refractivity contribution in [1.82, 2.24) is 10.4 Å². The van der Waals surface area contributed by atoms with E-state index in [1.807, 2.05) is 0 Å². The highest BCUT2D eigenvalue weighted by Crippen LogP contribution is 2.12. The average molecular weight is 290 g/mol. The fraction of sp³-hybridized carbons (Fsp3) is 0.286. The Morgan fingerprint density at radius 2 is 1.71 bits per heavy atom. The van der Waals surface area contributed by atoms with Gasteiger partial charge in [-0.3, -0.25) is 14.4 Å². The first kappa shape index (κ1) is 14.7. The SMILES string of the molecule is C[C@@H](NC(=O)c1ccccc1)C(=O)ON1C(=O)CCC1=O. The quantitative estimate of drug-likeness (QED) is 0.811. The Morgan fingerprint density at radius 1 is 1.14 bits per heavy atom. The molecule has 0 aromatic heterocycles. The van der Waals surface area contributed by atoms with Crippen LogP contribution in [0.5, 0.6) is 0 Å². The van der Waals surface area contributed by atoms with Gasteiger partial charge in [0.1, 0.15) is 6.04 Å². The van der Waals surface area contributed by atoms with Gasteiger partial charge >= 0.3 is 5.97 Å². The number of nitrogens with one attached hydrogen (secondary N) is 1. The van der Waals surface area contributed by atoms with E-state index in [4.69, 9.17) is 4.84 Å². The number of carbonyl (C=O) groups is 4. The summed E-state index contributed by atoms with van der Waals surface area (Å²) in [5.41, 5.74) is 0.394. The van der Waals surface area contributed by atoms with E-state index in [0.29, 0.717) is 10.6 Å². The van der Waals surface area contributed by atoms with Gasteiger partial charge < -0.3 is 10.2 Å². The van der Waals surface area contributed by atoms with E-state index in [1.54, 1.807) is 30.3 Å². The number of hydroxylamine groups is 2. The highest BCUT2D eigenvalue weighted by atomic mass is 16.7. The normalized spacial score (nSPS) is 15.8. The summed E-state index contributed by atoms with van der Waals surface area (Å²) >= 11 is 0. The molecule has 0 bridgehead atoms. The molecule has 21 heavy (non-hydrogen) atoms. The van der Waals surface area contributed by atoms with Gasteiger partial charge in [-0.1, -0.05) is 18.2 Å². The molecule has 0 aliphatic carbocycles. The number of rotatable bonds is 4. The maximum Gasteiger partial charge on any atom is 0.354 e. The maximum atomic E-state index is 11.9. The lowest BCUT2D eigenvalue weighted by Gasteiger charge is -2.17. The molecule has 110 valence electrons. The second kappa shape index (κ2) is 6.17. The Bertz CT molecular complexity index is 568. The van der Waals surface area contributed by atoms with Crippen molar-refractivity contribution < 1.29 is 24.0 Å². The van der Waals surface area contributed by atoms with Crippen LogP contribution in [0.2, 0.25) is 0 Å². The van der Waals surface area contributed by atoms with Crippen LogP contribution < -0.4 is 5.32 Å². The van der Waals surface area contributed by atoms with E-state index in [1.165, 1.54) is 6.92 Å². The predicted octanol–water partition coefficient (Wildman–Crippen LogP) is 0.412. The third-order valence-corrected chi connectivity index (χ3v) is 2.92. The Morgan fingerprint density at radius 3 is 2.29 bits per heavy atom. The minimum atomic E-state index is -0.987. The Kier molecular flexibility index (Phi) is 4.32. The summed E-state index contributed by atoms with van der Waals surface area (Å²) < 4.78 is 0. The third kappa shape index (κ3) is 3.44. The first-order valence-corrected chi connectivity index (χ1v) is 6.42. The van der Waals surface area contributed by atoms with Gasteiger partial charge in [0.2, 0.25) is 0 Å². The Hall–Kier alpha value is -2.70. The van der Waals surface area contributed by atoms with Crippen LogP contribution in [0.3, 0.4) is 0 Å². The van der Waals surface area contributed by atoms with Crippen LogP contribution >= 0.6 is 0 Å². The zero-order valence-electron chi connectivity index (χ0n) is 11.4. The van der Waals surface area contributed by atoms with Crippen LogP contribution in [0.1, 0.15) is 30.1 Å².